The Hall–Kier alpha value is -0.150. The van der Waals surface area contributed by atoms with Crippen LogP contribution in [0.2, 0.25) is 0 Å². The minimum absolute atomic E-state index is 0.334. The zero-order valence-electron chi connectivity index (χ0n) is 24.4. The van der Waals surface area contributed by atoms with Crippen molar-refractivity contribution >= 4 is 7.60 Å². The molecular formula is C30H63NO3P+. The lowest BCUT2D eigenvalue weighted by Gasteiger charge is -2.35. The van der Waals surface area contributed by atoms with Crippen molar-refractivity contribution in [1.82, 2.24) is 0 Å². The van der Waals surface area contributed by atoms with Gasteiger partial charge in [-0.25, -0.2) is 0 Å². The van der Waals surface area contributed by atoms with Crippen LogP contribution >= 0.6 is 7.60 Å². The van der Waals surface area contributed by atoms with Crippen molar-refractivity contribution in [1.29, 1.82) is 0 Å². The first-order valence-corrected chi connectivity index (χ1v) is 16.8. The molecule has 0 amide bonds. The highest BCUT2D eigenvalue weighted by molar-refractivity contribution is 7.53. The van der Waals surface area contributed by atoms with E-state index in [1.807, 2.05) is 21.1 Å². The second kappa shape index (κ2) is 23.0. The predicted octanol–water partition coefficient (Wildman–Crippen LogP) is 10.0. The number of unbranched alkanes of at least 4 members (excludes halogenated alkanes) is 17. The molecule has 0 aromatic carbocycles. The van der Waals surface area contributed by atoms with Crippen LogP contribution in [0.4, 0.5) is 0 Å². The Bertz CT molecular complexity index is 530. The Balaban J connectivity index is 3.46. The van der Waals surface area contributed by atoms with Crippen molar-refractivity contribution in [3.63, 3.8) is 0 Å². The highest BCUT2D eigenvalue weighted by Gasteiger charge is 2.41. The van der Waals surface area contributed by atoms with Gasteiger partial charge in [-0.2, -0.15) is 0 Å². The fraction of sp³-hybridized carbons (Fsp3) is 0.933. The van der Waals surface area contributed by atoms with Gasteiger partial charge in [-0.05, 0) is 38.5 Å². The van der Waals surface area contributed by atoms with E-state index < -0.39 is 7.60 Å². The monoisotopic (exact) mass is 516 g/mol. The average molecular weight is 517 g/mol. The van der Waals surface area contributed by atoms with Crippen LogP contribution in [-0.4, -0.2) is 42.9 Å². The van der Waals surface area contributed by atoms with Gasteiger partial charge in [-0.15, -0.1) is 0 Å². The van der Waals surface area contributed by atoms with Crippen molar-refractivity contribution in [2.24, 2.45) is 0 Å². The van der Waals surface area contributed by atoms with Gasteiger partial charge in [0.2, 0.25) is 0 Å². The minimum Gasteiger partial charge on any atom is -0.320 e. The SMILES string of the molecule is CCCCCCCCC=CCCCCCCCCCCCCCOP(=O)(O)C(CCC)[N+](C)(C)C. The van der Waals surface area contributed by atoms with Crippen molar-refractivity contribution < 1.29 is 18.5 Å². The van der Waals surface area contributed by atoms with Crippen LogP contribution in [0.25, 0.3) is 0 Å². The molecule has 0 heterocycles. The normalized spacial score (nSPS) is 15.0. The van der Waals surface area contributed by atoms with Crippen LogP contribution in [0.5, 0.6) is 0 Å². The van der Waals surface area contributed by atoms with Crippen LogP contribution in [-0.2, 0) is 9.09 Å². The zero-order chi connectivity index (χ0) is 26.3. The van der Waals surface area contributed by atoms with Gasteiger partial charge in [0.15, 0.2) is 5.78 Å². The van der Waals surface area contributed by atoms with Gasteiger partial charge >= 0.3 is 7.60 Å². The Morgan fingerprint density at radius 1 is 0.657 bits per heavy atom. The van der Waals surface area contributed by atoms with E-state index >= 15 is 0 Å². The van der Waals surface area contributed by atoms with Gasteiger partial charge in [0, 0.05) is 6.42 Å². The molecule has 4 nitrogen and oxygen atoms in total. The maximum absolute atomic E-state index is 12.7. The van der Waals surface area contributed by atoms with Gasteiger partial charge in [0.1, 0.15) is 0 Å². The number of hydrogen-bond acceptors (Lipinski definition) is 2. The molecule has 0 saturated heterocycles. The highest BCUT2D eigenvalue weighted by atomic mass is 31.2. The summed E-state index contributed by atoms with van der Waals surface area (Å²) in [4.78, 5) is 10.4. The molecule has 0 aliphatic carbocycles. The molecule has 5 heteroatoms. The Morgan fingerprint density at radius 2 is 1.06 bits per heavy atom. The lowest BCUT2D eigenvalue weighted by molar-refractivity contribution is -0.883. The Morgan fingerprint density at radius 3 is 1.46 bits per heavy atom. The summed E-state index contributed by atoms with van der Waals surface area (Å²) in [5, 5.41) is 0. The maximum Gasteiger partial charge on any atom is 0.385 e. The number of quaternary nitrogens is 1. The molecule has 0 aromatic heterocycles. The summed E-state index contributed by atoms with van der Waals surface area (Å²) in [5.74, 6) is -0.334. The molecule has 0 aromatic rings. The number of hydrogen-bond donors (Lipinski definition) is 1. The topological polar surface area (TPSA) is 46.5 Å². The lowest BCUT2D eigenvalue weighted by atomic mass is 10.0. The van der Waals surface area contributed by atoms with E-state index in [-0.39, 0.29) is 5.78 Å². The third-order valence-corrected chi connectivity index (χ3v) is 9.26. The van der Waals surface area contributed by atoms with E-state index in [9.17, 15) is 9.46 Å². The summed E-state index contributed by atoms with van der Waals surface area (Å²) in [6, 6.07) is 0. The van der Waals surface area contributed by atoms with E-state index in [0.29, 0.717) is 17.5 Å². The summed E-state index contributed by atoms with van der Waals surface area (Å²) < 4.78 is 18.6. The van der Waals surface area contributed by atoms with E-state index in [1.165, 1.54) is 109 Å². The highest BCUT2D eigenvalue weighted by Crippen LogP contribution is 2.51. The van der Waals surface area contributed by atoms with Crippen LogP contribution in [0.3, 0.4) is 0 Å². The van der Waals surface area contributed by atoms with Crippen molar-refractivity contribution in [3.8, 4) is 0 Å². The van der Waals surface area contributed by atoms with Crippen LogP contribution in [0.1, 0.15) is 149 Å². The molecule has 0 fully saturated rings. The second-order valence-electron chi connectivity index (χ2n) is 11.5. The number of allylic oxidation sites excluding steroid dienone is 2. The molecule has 1 N–H and O–H groups in total. The quantitative estimate of drug-likeness (QED) is 0.0538. The van der Waals surface area contributed by atoms with E-state index in [0.717, 1.165) is 19.3 Å². The smallest absolute Gasteiger partial charge is 0.320 e. The molecule has 0 spiro atoms. The number of nitrogens with zero attached hydrogens (tertiary/aromatic N) is 1. The van der Waals surface area contributed by atoms with E-state index in [2.05, 4.69) is 26.0 Å². The molecule has 0 aliphatic heterocycles. The molecule has 0 aliphatic rings. The fourth-order valence-electron chi connectivity index (χ4n) is 4.76. The van der Waals surface area contributed by atoms with E-state index in [1.54, 1.807) is 0 Å². The van der Waals surface area contributed by atoms with Crippen LogP contribution in [0.15, 0.2) is 12.2 Å². The Labute approximate surface area is 220 Å². The van der Waals surface area contributed by atoms with Crippen LogP contribution in [0, 0.1) is 0 Å². The fourth-order valence-corrected chi connectivity index (χ4v) is 6.78. The van der Waals surface area contributed by atoms with Crippen molar-refractivity contribution in [2.45, 2.75) is 154 Å². The first-order chi connectivity index (χ1) is 16.8. The molecule has 0 rings (SSSR count). The first-order valence-electron chi connectivity index (χ1n) is 15.2. The molecule has 0 radical (unpaired) electrons. The predicted molar refractivity (Wildman–Crippen MR) is 155 cm³/mol. The van der Waals surface area contributed by atoms with Crippen molar-refractivity contribution in [3.05, 3.63) is 12.2 Å². The summed E-state index contributed by atoms with van der Waals surface area (Å²) >= 11 is 0. The minimum atomic E-state index is -3.57. The second-order valence-corrected chi connectivity index (χ2v) is 13.5. The van der Waals surface area contributed by atoms with Gasteiger partial charge in [-0.1, -0.05) is 116 Å². The van der Waals surface area contributed by atoms with Crippen molar-refractivity contribution in [2.75, 3.05) is 27.7 Å². The maximum atomic E-state index is 12.7. The molecule has 210 valence electrons. The van der Waals surface area contributed by atoms with Gasteiger partial charge < -0.3 is 13.9 Å². The van der Waals surface area contributed by atoms with Crippen LogP contribution < -0.4 is 0 Å². The van der Waals surface area contributed by atoms with Gasteiger partial charge in [-0.3, -0.25) is 4.57 Å². The summed E-state index contributed by atoms with van der Waals surface area (Å²) in [5.41, 5.74) is 0. The lowest BCUT2D eigenvalue weighted by Crippen LogP contribution is -2.45. The molecule has 35 heavy (non-hydrogen) atoms. The molecule has 0 saturated carbocycles. The summed E-state index contributed by atoms with van der Waals surface area (Å²) in [7, 11) is 2.36. The van der Waals surface area contributed by atoms with E-state index in [4.69, 9.17) is 4.52 Å². The summed E-state index contributed by atoms with van der Waals surface area (Å²) in [6.45, 7) is 4.74. The summed E-state index contributed by atoms with van der Waals surface area (Å²) in [6.07, 6.45) is 31.3. The molecule has 2 atom stereocenters. The third kappa shape index (κ3) is 21.6. The molecule has 2 unspecified atom stereocenters. The molecular weight excluding hydrogens is 453 g/mol. The first kappa shape index (κ1) is 34.9. The Kier molecular flexibility index (Phi) is 22.9. The largest absolute Gasteiger partial charge is 0.385 e. The van der Waals surface area contributed by atoms with Gasteiger partial charge in [0.05, 0.1) is 27.7 Å². The number of rotatable bonds is 26. The molecule has 0 bridgehead atoms. The third-order valence-electron chi connectivity index (χ3n) is 7.00. The average Bonchev–Trinajstić information content (AvgIpc) is 2.80. The zero-order valence-corrected chi connectivity index (χ0v) is 25.3. The van der Waals surface area contributed by atoms with Gasteiger partial charge in [0.25, 0.3) is 0 Å². The standard InChI is InChI=1S/C30H62NO3P/c1-6-8-9-10-11-12-13-14-15-16-17-18-19-20-21-22-23-24-25-26-27-29-34-35(32,33)30(28-7-2)31(3,4)5/h14-15,30H,6-13,16-29H2,1-5H3/p+1.